The van der Waals surface area contributed by atoms with Crippen LogP contribution in [-0.2, 0) is 4.79 Å². The first-order valence-electron chi connectivity index (χ1n) is 11.3. The van der Waals surface area contributed by atoms with Gasteiger partial charge in [0, 0.05) is 55.0 Å². The lowest BCUT2D eigenvalue weighted by atomic mass is 10.0. The summed E-state index contributed by atoms with van der Waals surface area (Å²) in [4.78, 5) is 31.0. The van der Waals surface area contributed by atoms with Crippen LogP contribution in [0.1, 0.15) is 62.1 Å². The minimum absolute atomic E-state index is 0.101. The standard InChI is InChI=1S/C23H31BrN6O2/c1-14(2)25-12-17(18-5-4-16(24)11-26-18)23(32)30-8-6-29(7-9-30)22-20-15(3)10-19(31)21(20)27-13-28-22/h4-5,11,13-15,17,19,25,31H,6-10,12H2,1-3H3/t15-,17?,19-/m1/s1. The van der Waals surface area contributed by atoms with Crippen molar-refractivity contribution in [2.45, 2.75) is 51.2 Å². The van der Waals surface area contributed by atoms with E-state index in [-0.39, 0.29) is 23.8 Å². The fraction of sp³-hybridized carbons (Fsp3) is 0.565. The largest absolute Gasteiger partial charge is 0.387 e. The number of rotatable bonds is 6. The number of aliphatic hydroxyl groups is 1. The van der Waals surface area contributed by atoms with Gasteiger partial charge in [0.15, 0.2) is 0 Å². The van der Waals surface area contributed by atoms with Crippen molar-refractivity contribution in [1.29, 1.82) is 0 Å². The summed E-state index contributed by atoms with van der Waals surface area (Å²) >= 11 is 3.42. The number of fused-ring (bicyclic) bond motifs is 1. The number of piperazine rings is 1. The molecule has 0 saturated carbocycles. The molecule has 3 heterocycles. The quantitative estimate of drug-likeness (QED) is 0.626. The van der Waals surface area contributed by atoms with Crippen LogP contribution in [-0.4, -0.2) is 69.6 Å². The SMILES string of the molecule is CC(C)NCC(C(=O)N1CCN(c2ncnc3c2[C@H](C)C[C@H]3O)CC1)c1ccc(Br)cn1. The number of hydrogen-bond acceptors (Lipinski definition) is 7. The summed E-state index contributed by atoms with van der Waals surface area (Å²) < 4.78 is 0.898. The highest BCUT2D eigenvalue weighted by Crippen LogP contribution is 2.42. The van der Waals surface area contributed by atoms with Crippen LogP contribution in [0.4, 0.5) is 5.82 Å². The zero-order valence-electron chi connectivity index (χ0n) is 18.8. The van der Waals surface area contributed by atoms with Gasteiger partial charge in [-0.3, -0.25) is 9.78 Å². The first-order valence-corrected chi connectivity index (χ1v) is 12.1. The molecule has 0 spiro atoms. The van der Waals surface area contributed by atoms with Gasteiger partial charge in [-0.05, 0) is 40.4 Å². The maximum Gasteiger partial charge on any atom is 0.233 e. The molecular formula is C23H31BrN6O2. The lowest BCUT2D eigenvalue weighted by molar-refractivity contribution is -0.133. The van der Waals surface area contributed by atoms with Crippen molar-refractivity contribution in [3.05, 3.63) is 46.1 Å². The molecule has 2 N–H and O–H groups in total. The van der Waals surface area contributed by atoms with Crippen molar-refractivity contribution in [1.82, 2.24) is 25.2 Å². The Labute approximate surface area is 197 Å². The van der Waals surface area contributed by atoms with Crippen LogP contribution in [0.2, 0.25) is 0 Å². The van der Waals surface area contributed by atoms with Crippen LogP contribution in [0, 0.1) is 0 Å². The van der Waals surface area contributed by atoms with Gasteiger partial charge in [0.05, 0.1) is 23.4 Å². The second kappa shape index (κ2) is 9.80. The molecule has 0 aromatic carbocycles. The maximum atomic E-state index is 13.5. The zero-order valence-corrected chi connectivity index (χ0v) is 20.4. The van der Waals surface area contributed by atoms with E-state index >= 15 is 0 Å². The van der Waals surface area contributed by atoms with E-state index < -0.39 is 6.10 Å². The van der Waals surface area contributed by atoms with Gasteiger partial charge in [0.25, 0.3) is 0 Å². The minimum Gasteiger partial charge on any atom is -0.387 e. The highest BCUT2D eigenvalue weighted by Gasteiger charge is 2.35. The third-order valence-electron chi connectivity index (χ3n) is 6.31. The van der Waals surface area contributed by atoms with E-state index in [0.717, 1.165) is 27.2 Å². The van der Waals surface area contributed by atoms with Gasteiger partial charge >= 0.3 is 0 Å². The second-order valence-electron chi connectivity index (χ2n) is 8.98. The monoisotopic (exact) mass is 502 g/mol. The van der Waals surface area contributed by atoms with Crippen LogP contribution in [0.15, 0.2) is 29.1 Å². The number of aromatic nitrogens is 3. The van der Waals surface area contributed by atoms with E-state index in [4.69, 9.17) is 0 Å². The van der Waals surface area contributed by atoms with E-state index in [9.17, 15) is 9.90 Å². The number of halogens is 1. The van der Waals surface area contributed by atoms with Crippen LogP contribution in [0.25, 0.3) is 0 Å². The van der Waals surface area contributed by atoms with Crippen LogP contribution in [0.3, 0.4) is 0 Å². The Morgan fingerprint density at radius 2 is 1.97 bits per heavy atom. The van der Waals surface area contributed by atoms with E-state index in [2.05, 4.69) is 61.9 Å². The molecule has 9 heteroatoms. The summed E-state index contributed by atoms with van der Waals surface area (Å²) in [6, 6.07) is 4.14. The molecule has 1 aliphatic heterocycles. The summed E-state index contributed by atoms with van der Waals surface area (Å²) in [5, 5.41) is 13.7. The number of hydrogen-bond donors (Lipinski definition) is 2. The van der Waals surface area contributed by atoms with Gasteiger partial charge in [0.2, 0.25) is 5.91 Å². The van der Waals surface area contributed by atoms with Crippen LogP contribution < -0.4 is 10.2 Å². The van der Waals surface area contributed by atoms with Gasteiger partial charge in [-0.2, -0.15) is 0 Å². The molecular weight excluding hydrogens is 472 g/mol. The maximum absolute atomic E-state index is 13.5. The molecule has 1 fully saturated rings. The van der Waals surface area contributed by atoms with E-state index in [0.29, 0.717) is 39.1 Å². The number of nitrogens with zero attached hydrogens (tertiary/aromatic N) is 5. The van der Waals surface area contributed by atoms with Crippen molar-refractivity contribution in [3.63, 3.8) is 0 Å². The number of pyridine rings is 1. The summed E-state index contributed by atoms with van der Waals surface area (Å²) in [6.07, 6.45) is 3.45. The van der Waals surface area contributed by atoms with Gasteiger partial charge in [0.1, 0.15) is 12.1 Å². The minimum atomic E-state index is -0.516. The van der Waals surface area contributed by atoms with Gasteiger partial charge in [-0.25, -0.2) is 9.97 Å². The van der Waals surface area contributed by atoms with Crippen molar-refractivity contribution in [2.24, 2.45) is 0 Å². The highest BCUT2D eigenvalue weighted by atomic mass is 79.9. The molecule has 1 amide bonds. The average Bonchev–Trinajstić information content (AvgIpc) is 3.08. The van der Waals surface area contributed by atoms with Crippen LogP contribution >= 0.6 is 15.9 Å². The summed E-state index contributed by atoms with van der Waals surface area (Å²) in [5.74, 6) is 0.907. The molecule has 2 aromatic heterocycles. The number of aliphatic hydroxyl groups excluding tert-OH is 1. The molecule has 2 aromatic rings. The average molecular weight is 503 g/mol. The normalized spacial score (nSPS) is 21.7. The molecule has 1 aliphatic carbocycles. The van der Waals surface area contributed by atoms with Crippen molar-refractivity contribution < 1.29 is 9.90 Å². The number of carbonyl (C=O) groups is 1. The van der Waals surface area contributed by atoms with Crippen LogP contribution in [0.5, 0.6) is 0 Å². The molecule has 32 heavy (non-hydrogen) atoms. The van der Waals surface area contributed by atoms with Crippen molar-refractivity contribution >= 4 is 27.7 Å². The predicted molar refractivity (Wildman–Crippen MR) is 127 cm³/mol. The summed E-state index contributed by atoms with van der Waals surface area (Å²) in [7, 11) is 0. The lowest BCUT2D eigenvalue weighted by Gasteiger charge is -2.38. The third kappa shape index (κ3) is 4.79. The Balaban J connectivity index is 1.47. The fourth-order valence-electron chi connectivity index (χ4n) is 4.58. The van der Waals surface area contributed by atoms with E-state index in [1.807, 2.05) is 17.0 Å². The van der Waals surface area contributed by atoms with Crippen molar-refractivity contribution in [2.75, 3.05) is 37.6 Å². The molecule has 0 radical (unpaired) electrons. The topological polar surface area (TPSA) is 94.5 Å². The zero-order chi connectivity index (χ0) is 22.8. The van der Waals surface area contributed by atoms with Gasteiger partial charge in [-0.15, -0.1) is 0 Å². The number of nitrogens with one attached hydrogen (secondary N) is 1. The smallest absolute Gasteiger partial charge is 0.233 e. The Morgan fingerprint density at radius 1 is 1.22 bits per heavy atom. The molecule has 4 rings (SSSR count). The molecule has 1 saturated heterocycles. The summed E-state index contributed by atoms with van der Waals surface area (Å²) in [6.45, 7) is 9.49. The Morgan fingerprint density at radius 3 is 2.62 bits per heavy atom. The van der Waals surface area contributed by atoms with Crippen molar-refractivity contribution in [3.8, 4) is 0 Å². The Hall–Kier alpha value is -2.10. The molecule has 1 unspecified atom stereocenters. The first-order chi connectivity index (χ1) is 15.3. The van der Waals surface area contributed by atoms with E-state index in [1.165, 1.54) is 0 Å². The molecule has 172 valence electrons. The van der Waals surface area contributed by atoms with E-state index in [1.54, 1.807) is 12.5 Å². The Kier molecular flexibility index (Phi) is 7.07. The Bertz CT molecular complexity index is 946. The lowest BCUT2D eigenvalue weighted by Crippen LogP contribution is -2.51. The number of carbonyl (C=O) groups excluding carboxylic acids is 1. The molecule has 8 nitrogen and oxygen atoms in total. The second-order valence-corrected chi connectivity index (χ2v) is 9.89. The predicted octanol–water partition coefficient (Wildman–Crippen LogP) is 2.61. The molecule has 0 bridgehead atoms. The number of amides is 1. The van der Waals surface area contributed by atoms with Gasteiger partial charge in [-0.1, -0.05) is 20.8 Å². The highest BCUT2D eigenvalue weighted by molar-refractivity contribution is 9.10. The summed E-state index contributed by atoms with van der Waals surface area (Å²) in [5.41, 5.74) is 2.59. The molecule has 3 atom stereocenters. The third-order valence-corrected chi connectivity index (χ3v) is 6.77. The molecule has 2 aliphatic rings. The first kappa shape index (κ1) is 23.1. The number of anilines is 1. The van der Waals surface area contributed by atoms with Gasteiger partial charge < -0.3 is 20.2 Å². The fourth-order valence-corrected chi connectivity index (χ4v) is 4.81.